The maximum atomic E-state index is 2.53. The number of anilines is 3. The maximum absolute atomic E-state index is 2.53. The first-order chi connectivity index (χ1) is 18.7. The van der Waals surface area contributed by atoms with E-state index in [1.165, 1.54) is 80.0 Å². The molecule has 198 valence electrons. The summed E-state index contributed by atoms with van der Waals surface area (Å²) in [7, 11) is 0. The molecule has 2 heteroatoms. The number of para-hydroxylation sites is 2. The molecule has 0 bridgehead atoms. The second-order valence-corrected chi connectivity index (χ2v) is 24.0. The summed E-state index contributed by atoms with van der Waals surface area (Å²) in [5, 5.41) is 0. The van der Waals surface area contributed by atoms with Gasteiger partial charge in [-0.2, -0.15) is 0 Å². The molecule has 0 heterocycles. The van der Waals surface area contributed by atoms with Gasteiger partial charge in [-0.05, 0) is 0 Å². The van der Waals surface area contributed by atoms with Crippen LogP contribution in [0.4, 0.5) is 17.1 Å². The van der Waals surface area contributed by atoms with E-state index in [0.717, 1.165) is 0 Å². The molecule has 0 fully saturated rings. The number of hydrogen-bond acceptors (Lipinski definition) is 1. The van der Waals surface area contributed by atoms with Crippen molar-refractivity contribution in [2.24, 2.45) is 0 Å². The van der Waals surface area contributed by atoms with Gasteiger partial charge in [-0.3, -0.25) is 0 Å². The molecule has 0 aromatic heterocycles. The van der Waals surface area contributed by atoms with Gasteiger partial charge in [0.05, 0.1) is 0 Å². The Morgan fingerprint density at radius 3 is 1.21 bits per heavy atom. The van der Waals surface area contributed by atoms with E-state index in [9.17, 15) is 0 Å². The first kappa shape index (κ1) is 28.5. The number of hydrogen-bond donors (Lipinski definition) is 0. The molecule has 0 aliphatic rings. The number of unbranched alkanes of at least 4 members (excludes halogenated alkanes) is 3. The fourth-order valence-electron chi connectivity index (χ4n) is 5.77. The van der Waals surface area contributed by atoms with E-state index in [2.05, 4.69) is 135 Å². The zero-order valence-corrected chi connectivity index (χ0v) is 26.6. The summed E-state index contributed by atoms with van der Waals surface area (Å²) in [5.41, 5.74) is 6.14. The van der Waals surface area contributed by atoms with Crippen LogP contribution < -0.4 is 8.48 Å². The number of rotatable bonds is 14. The Balaban J connectivity index is 1.61. The molecule has 0 N–H and O–H groups in total. The third-order valence-corrected chi connectivity index (χ3v) is 23.7. The SMILES string of the molecule is CCC[CH2][Sn]([CH2]CCC)([CH2]CCC)[c]1ccc(-c2ccc(N(c3ccccc3)c3ccccc3)cc2)cc1. The quantitative estimate of drug-likeness (QED) is 0.128. The van der Waals surface area contributed by atoms with Crippen LogP contribution in [0.15, 0.2) is 109 Å². The van der Waals surface area contributed by atoms with Crippen LogP contribution in [0.25, 0.3) is 11.1 Å². The molecule has 4 aromatic rings. The van der Waals surface area contributed by atoms with Crippen molar-refractivity contribution < 1.29 is 0 Å². The van der Waals surface area contributed by atoms with Gasteiger partial charge in [0.2, 0.25) is 0 Å². The molecule has 0 aliphatic heterocycles. The molecule has 4 rings (SSSR count). The molecule has 38 heavy (non-hydrogen) atoms. The second-order valence-electron chi connectivity index (χ2n) is 10.7. The molecule has 0 saturated carbocycles. The van der Waals surface area contributed by atoms with Gasteiger partial charge in [0.25, 0.3) is 0 Å². The van der Waals surface area contributed by atoms with Crippen molar-refractivity contribution in [3.05, 3.63) is 109 Å². The van der Waals surface area contributed by atoms with E-state index in [1.54, 1.807) is 3.58 Å². The van der Waals surface area contributed by atoms with Crippen molar-refractivity contribution in [3.8, 4) is 11.1 Å². The predicted octanol–water partition coefficient (Wildman–Crippen LogP) is 10.9. The first-order valence-corrected chi connectivity index (χ1v) is 22.3. The van der Waals surface area contributed by atoms with Gasteiger partial charge in [-0.25, -0.2) is 0 Å². The van der Waals surface area contributed by atoms with Crippen molar-refractivity contribution in [2.45, 2.75) is 72.6 Å². The standard InChI is InChI=1S/C24H18N.3C4H9.Sn/c1-4-10-20(11-5-1)21-16-18-24(19-17-21)25(22-12-6-2-7-13-22)23-14-8-3-9-15-23;3*1-3-4-2;/h2-19H;3*1,3-4H2,2H3;. The molecule has 0 unspecified atom stereocenters. The van der Waals surface area contributed by atoms with Gasteiger partial charge >= 0.3 is 225 Å². The molecular formula is C36H45NSn. The van der Waals surface area contributed by atoms with E-state index < -0.39 is 18.4 Å². The van der Waals surface area contributed by atoms with E-state index in [0.29, 0.717) is 0 Å². The van der Waals surface area contributed by atoms with Crippen molar-refractivity contribution in [1.29, 1.82) is 0 Å². The number of benzene rings is 4. The number of nitrogens with zero attached hydrogens (tertiary/aromatic N) is 1. The van der Waals surface area contributed by atoms with Crippen LogP contribution in [-0.2, 0) is 0 Å². The normalized spacial score (nSPS) is 11.4. The Morgan fingerprint density at radius 2 is 0.816 bits per heavy atom. The Kier molecular flexibility index (Phi) is 10.9. The van der Waals surface area contributed by atoms with Gasteiger partial charge in [0.1, 0.15) is 0 Å². The third-order valence-electron chi connectivity index (χ3n) is 8.01. The van der Waals surface area contributed by atoms with Crippen molar-refractivity contribution in [2.75, 3.05) is 4.90 Å². The van der Waals surface area contributed by atoms with Crippen molar-refractivity contribution in [1.82, 2.24) is 0 Å². The van der Waals surface area contributed by atoms with E-state index in [4.69, 9.17) is 0 Å². The Labute approximate surface area is 235 Å². The molecule has 0 atom stereocenters. The molecule has 1 nitrogen and oxygen atoms in total. The van der Waals surface area contributed by atoms with E-state index in [-0.39, 0.29) is 0 Å². The predicted molar refractivity (Wildman–Crippen MR) is 171 cm³/mol. The van der Waals surface area contributed by atoms with Crippen LogP contribution in [0.5, 0.6) is 0 Å². The average Bonchev–Trinajstić information content (AvgIpc) is 2.99. The summed E-state index contributed by atoms with van der Waals surface area (Å²) in [6, 6.07) is 40.2. The Hall–Kier alpha value is -2.52. The molecule has 0 saturated heterocycles. The monoisotopic (exact) mass is 611 g/mol. The van der Waals surface area contributed by atoms with Crippen molar-refractivity contribution >= 4 is 39.0 Å². The fourth-order valence-corrected chi connectivity index (χ4v) is 21.7. The molecule has 0 amide bonds. The second kappa shape index (κ2) is 14.6. The summed E-state index contributed by atoms with van der Waals surface area (Å²) in [6.45, 7) is 7.08. The summed E-state index contributed by atoms with van der Waals surface area (Å²) in [4.78, 5) is 2.32. The van der Waals surface area contributed by atoms with Gasteiger partial charge < -0.3 is 0 Å². The molecule has 0 aliphatic carbocycles. The first-order valence-electron chi connectivity index (χ1n) is 14.8. The van der Waals surface area contributed by atoms with Crippen LogP contribution in [-0.4, -0.2) is 18.4 Å². The molecule has 4 aromatic carbocycles. The van der Waals surface area contributed by atoms with Crippen LogP contribution in [0.2, 0.25) is 13.3 Å². The van der Waals surface area contributed by atoms with E-state index in [1.807, 2.05) is 0 Å². The Morgan fingerprint density at radius 1 is 0.447 bits per heavy atom. The summed E-state index contributed by atoms with van der Waals surface area (Å²) < 4.78 is 6.32. The van der Waals surface area contributed by atoms with Gasteiger partial charge in [-0.15, -0.1) is 0 Å². The topological polar surface area (TPSA) is 3.24 Å². The van der Waals surface area contributed by atoms with Crippen LogP contribution in [0.3, 0.4) is 0 Å². The molecular weight excluding hydrogens is 565 g/mol. The van der Waals surface area contributed by atoms with Gasteiger partial charge in [0, 0.05) is 0 Å². The van der Waals surface area contributed by atoms with Gasteiger partial charge in [0.15, 0.2) is 0 Å². The van der Waals surface area contributed by atoms with Crippen LogP contribution in [0, 0.1) is 0 Å². The summed E-state index contributed by atoms with van der Waals surface area (Å²) in [6.07, 6.45) is 8.20. The molecule has 0 radical (unpaired) electrons. The van der Waals surface area contributed by atoms with Crippen LogP contribution in [0.1, 0.15) is 59.3 Å². The minimum atomic E-state index is -2.38. The van der Waals surface area contributed by atoms with Gasteiger partial charge in [-0.1, -0.05) is 12.1 Å². The van der Waals surface area contributed by atoms with Crippen LogP contribution >= 0.6 is 0 Å². The summed E-state index contributed by atoms with van der Waals surface area (Å²) in [5.74, 6) is 0. The van der Waals surface area contributed by atoms with E-state index >= 15 is 0 Å². The summed E-state index contributed by atoms with van der Waals surface area (Å²) >= 11 is -2.38. The fraction of sp³-hybridized carbons (Fsp3) is 0.333. The third kappa shape index (κ3) is 7.11. The average molecular weight is 610 g/mol. The van der Waals surface area contributed by atoms with Crippen molar-refractivity contribution in [3.63, 3.8) is 0 Å². The zero-order chi connectivity index (χ0) is 26.6. The minimum absolute atomic E-state index is 1.17. The zero-order valence-electron chi connectivity index (χ0n) is 23.7. The Bertz CT molecular complexity index is 1140. The molecule has 0 spiro atoms.